The number of carbonyl (C=O) groups is 1. The molecule has 2 amide bonds. The largest absolute Gasteiger partial charge is 0.343 e. The summed E-state index contributed by atoms with van der Waals surface area (Å²) >= 11 is 0. The van der Waals surface area contributed by atoms with Crippen molar-refractivity contribution in [1.82, 2.24) is 4.90 Å². The van der Waals surface area contributed by atoms with Gasteiger partial charge in [-0.05, 0) is 6.92 Å². The maximum atomic E-state index is 10.5. The van der Waals surface area contributed by atoms with Crippen LogP contribution in [-0.4, -0.2) is 30.2 Å². The summed E-state index contributed by atoms with van der Waals surface area (Å²) in [7, 11) is 0. The van der Waals surface area contributed by atoms with E-state index in [0.717, 1.165) is 13.1 Å². The molecule has 3 nitrogen and oxygen atoms in total. The van der Waals surface area contributed by atoms with E-state index in [9.17, 15) is 4.79 Å². The summed E-state index contributed by atoms with van der Waals surface area (Å²) in [6.07, 6.45) is 1.51. The van der Waals surface area contributed by atoms with E-state index in [2.05, 4.69) is 4.99 Å². The fourth-order valence-electron chi connectivity index (χ4n) is 0.433. The van der Waals surface area contributed by atoms with Gasteiger partial charge in [-0.25, -0.2) is 9.79 Å². The second kappa shape index (κ2) is 1.94. The first-order valence-electron chi connectivity index (χ1n) is 2.62. The van der Waals surface area contributed by atoms with Crippen LogP contribution in [0.3, 0.4) is 0 Å². The number of hydrogen-bond donors (Lipinski definition) is 0. The minimum atomic E-state index is -0.104. The maximum Gasteiger partial charge on any atom is 0.343 e. The normalized spacial score (nSPS) is 17.4. The van der Waals surface area contributed by atoms with Crippen molar-refractivity contribution >= 4 is 12.2 Å². The third kappa shape index (κ3) is 1.05. The molecule has 44 valence electrons. The van der Waals surface area contributed by atoms with Crippen LogP contribution in [0.2, 0.25) is 0 Å². The van der Waals surface area contributed by atoms with Crippen molar-refractivity contribution in [3.05, 3.63) is 0 Å². The van der Waals surface area contributed by atoms with Crippen LogP contribution in [0.5, 0.6) is 0 Å². The topological polar surface area (TPSA) is 32.4 Å². The minimum absolute atomic E-state index is 0.104. The van der Waals surface area contributed by atoms with Crippen molar-refractivity contribution in [3.63, 3.8) is 0 Å². The number of urea groups is 1. The Morgan fingerprint density at radius 3 is 2.75 bits per heavy atom. The molecule has 0 spiro atoms. The Morgan fingerprint density at radius 1 is 1.75 bits per heavy atom. The average Bonchev–Trinajstić information content (AvgIpc) is 2.45. The number of rotatable bonds is 0. The van der Waals surface area contributed by atoms with E-state index in [0.29, 0.717) is 0 Å². The lowest BCUT2D eigenvalue weighted by Crippen LogP contribution is -2.03. The summed E-state index contributed by atoms with van der Waals surface area (Å²) in [6, 6.07) is -0.104. The molecule has 3 heteroatoms. The molecule has 1 rings (SSSR count). The molecule has 0 atom stereocenters. The SMILES string of the molecule is CC=NC(=O)N1CC1. The van der Waals surface area contributed by atoms with Crippen molar-refractivity contribution in [2.24, 2.45) is 4.99 Å². The molecule has 1 fully saturated rings. The van der Waals surface area contributed by atoms with Gasteiger partial charge in [-0.2, -0.15) is 0 Å². The van der Waals surface area contributed by atoms with E-state index in [4.69, 9.17) is 0 Å². The zero-order valence-electron chi connectivity index (χ0n) is 4.79. The van der Waals surface area contributed by atoms with Gasteiger partial charge in [0.25, 0.3) is 0 Å². The first-order valence-corrected chi connectivity index (χ1v) is 2.62. The van der Waals surface area contributed by atoms with Gasteiger partial charge in [-0.15, -0.1) is 0 Å². The quantitative estimate of drug-likeness (QED) is 0.332. The van der Waals surface area contributed by atoms with Crippen LogP contribution in [0.4, 0.5) is 4.79 Å². The highest BCUT2D eigenvalue weighted by Crippen LogP contribution is 2.04. The van der Waals surface area contributed by atoms with E-state index in [1.54, 1.807) is 11.8 Å². The summed E-state index contributed by atoms with van der Waals surface area (Å²) in [5, 5.41) is 0. The Hall–Kier alpha value is -0.860. The lowest BCUT2D eigenvalue weighted by atomic mass is 10.8. The smallest absolute Gasteiger partial charge is 0.319 e. The lowest BCUT2D eigenvalue weighted by molar-refractivity contribution is 0.239. The predicted octanol–water partition coefficient (Wildman–Crippen LogP) is 0.513. The molecule has 0 unspecified atom stereocenters. The van der Waals surface area contributed by atoms with Gasteiger partial charge in [-0.1, -0.05) is 0 Å². The van der Waals surface area contributed by atoms with Crippen molar-refractivity contribution in [1.29, 1.82) is 0 Å². The van der Waals surface area contributed by atoms with Gasteiger partial charge in [0.2, 0.25) is 0 Å². The molecule has 1 heterocycles. The molecule has 0 aliphatic carbocycles. The molecule has 0 saturated carbocycles. The summed E-state index contributed by atoms with van der Waals surface area (Å²) in [5.74, 6) is 0. The van der Waals surface area contributed by atoms with Gasteiger partial charge in [0.05, 0.1) is 0 Å². The molecule has 0 bridgehead atoms. The average molecular weight is 112 g/mol. The second-order valence-electron chi connectivity index (χ2n) is 1.66. The van der Waals surface area contributed by atoms with E-state index < -0.39 is 0 Å². The molecular weight excluding hydrogens is 104 g/mol. The highest BCUT2D eigenvalue weighted by atomic mass is 16.2. The van der Waals surface area contributed by atoms with Crippen LogP contribution in [0, 0.1) is 0 Å². The second-order valence-corrected chi connectivity index (χ2v) is 1.66. The lowest BCUT2D eigenvalue weighted by Gasteiger charge is -1.88. The van der Waals surface area contributed by atoms with Gasteiger partial charge in [-0.3, -0.25) is 0 Å². The van der Waals surface area contributed by atoms with Crippen molar-refractivity contribution in [2.45, 2.75) is 6.92 Å². The fraction of sp³-hybridized carbons (Fsp3) is 0.600. The zero-order chi connectivity index (χ0) is 5.98. The number of aliphatic imine (C=N–C) groups is 1. The molecule has 0 aromatic carbocycles. The molecule has 0 radical (unpaired) electrons. The summed E-state index contributed by atoms with van der Waals surface area (Å²) in [5.41, 5.74) is 0. The van der Waals surface area contributed by atoms with Crippen LogP contribution in [-0.2, 0) is 0 Å². The van der Waals surface area contributed by atoms with E-state index >= 15 is 0 Å². The maximum absolute atomic E-state index is 10.5. The Labute approximate surface area is 48.0 Å². The van der Waals surface area contributed by atoms with Crippen LogP contribution in [0.25, 0.3) is 0 Å². The third-order valence-corrected chi connectivity index (χ3v) is 0.957. The standard InChI is InChI=1S/C5H8N2O/c1-2-6-5(8)7-3-4-7/h2H,3-4H2,1H3. The molecule has 8 heavy (non-hydrogen) atoms. The molecule has 1 aliphatic rings. The number of carbonyl (C=O) groups excluding carboxylic acids is 1. The summed E-state index contributed by atoms with van der Waals surface area (Å²) in [4.78, 5) is 15.7. The van der Waals surface area contributed by atoms with Gasteiger partial charge < -0.3 is 4.90 Å². The van der Waals surface area contributed by atoms with Crippen LogP contribution >= 0.6 is 0 Å². The number of hydrogen-bond acceptors (Lipinski definition) is 1. The highest BCUT2D eigenvalue weighted by molar-refractivity contribution is 5.84. The number of amides is 2. The molecular formula is C5H8N2O. The van der Waals surface area contributed by atoms with E-state index in [1.165, 1.54) is 6.21 Å². The Bertz CT molecular complexity index is 126. The van der Waals surface area contributed by atoms with Crippen LogP contribution < -0.4 is 0 Å². The molecule has 1 aliphatic heterocycles. The zero-order valence-corrected chi connectivity index (χ0v) is 4.79. The summed E-state index contributed by atoms with van der Waals surface area (Å²) in [6.45, 7) is 3.51. The van der Waals surface area contributed by atoms with Gasteiger partial charge in [0.1, 0.15) is 0 Å². The molecule has 0 aromatic heterocycles. The fourth-order valence-corrected chi connectivity index (χ4v) is 0.433. The van der Waals surface area contributed by atoms with Crippen molar-refractivity contribution < 1.29 is 4.79 Å². The van der Waals surface area contributed by atoms with E-state index in [-0.39, 0.29) is 6.03 Å². The van der Waals surface area contributed by atoms with Crippen molar-refractivity contribution in [3.8, 4) is 0 Å². The Balaban J connectivity index is 2.33. The Kier molecular flexibility index (Phi) is 1.28. The minimum Gasteiger partial charge on any atom is -0.319 e. The van der Waals surface area contributed by atoms with Gasteiger partial charge in [0.15, 0.2) is 0 Å². The van der Waals surface area contributed by atoms with Crippen LogP contribution in [0.1, 0.15) is 6.92 Å². The monoisotopic (exact) mass is 112 g/mol. The molecule has 0 aromatic rings. The molecule has 0 N–H and O–H groups in total. The first kappa shape index (κ1) is 5.28. The summed E-state index contributed by atoms with van der Waals surface area (Å²) < 4.78 is 0. The highest BCUT2D eigenvalue weighted by Gasteiger charge is 2.22. The van der Waals surface area contributed by atoms with Gasteiger partial charge in [0, 0.05) is 19.3 Å². The predicted molar refractivity (Wildman–Crippen MR) is 31.1 cm³/mol. The van der Waals surface area contributed by atoms with Crippen molar-refractivity contribution in [2.75, 3.05) is 13.1 Å². The number of nitrogens with zero attached hydrogens (tertiary/aromatic N) is 2. The molecule has 1 saturated heterocycles. The van der Waals surface area contributed by atoms with Crippen LogP contribution in [0.15, 0.2) is 4.99 Å². The first-order chi connectivity index (χ1) is 3.84. The van der Waals surface area contributed by atoms with Gasteiger partial charge >= 0.3 is 6.03 Å². The van der Waals surface area contributed by atoms with E-state index in [1.807, 2.05) is 0 Å². The Morgan fingerprint density at radius 2 is 2.38 bits per heavy atom. The third-order valence-electron chi connectivity index (χ3n) is 0.957.